The van der Waals surface area contributed by atoms with Gasteiger partial charge in [0.2, 0.25) is 0 Å². The predicted octanol–water partition coefficient (Wildman–Crippen LogP) is 1.73. The van der Waals surface area contributed by atoms with Crippen molar-refractivity contribution >= 4 is 11.9 Å². The molecule has 1 saturated heterocycles. The van der Waals surface area contributed by atoms with Gasteiger partial charge in [-0.15, -0.1) is 0 Å². The maximum atomic E-state index is 11.7. The van der Waals surface area contributed by atoms with Crippen molar-refractivity contribution < 1.29 is 23.7 Å². The summed E-state index contributed by atoms with van der Waals surface area (Å²) in [6.07, 6.45) is 2.11. The number of hydrogen-bond donors (Lipinski definition) is 2. The summed E-state index contributed by atoms with van der Waals surface area (Å²) in [6, 6.07) is 5.34. The predicted molar refractivity (Wildman–Crippen MR) is 107 cm³/mol. The number of hydrogen-bond acceptors (Lipinski definition) is 6. The monoisotopic (exact) mass is 393 g/mol. The SMILES string of the molecule is CCNC(=NCc1ccc(C(=O)OC)c(OC)c1)NCCCOC1CCOC1. The fraction of sp³-hybridized carbons (Fsp3) is 0.600. The molecule has 1 aliphatic rings. The molecular weight excluding hydrogens is 362 g/mol. The zero-order valence-electron chi connectivity index (χ0n) is 17.0. The highest BCUT2D eigenvalue weighted by Crippen LogP contribution is 2.21. The van der Waals surface area contributed by atoms with Crippen molar-refractivity contribution in [1.29, 1.82) is 0 Å². The van der Waals surface area contributed by atoms with E-state index >= 15 is 0 Å². The molecule has 1 fully saturated rings. The zero-order chi connectivity index (χ0) is 20.2. The van der Waals surface area contributed by atoms with E-state index in [0.29, 0.717) is 31.1 Å². The second-order valence-electron chi connectivity index (χ2n) is 6.36. The van der Waals surface area contributed by atoms with Gasteiger partial charge >= 0.3 is 5.97 Å². The van der Waals surface area contributed by atoms with Crippen LogP contribution >= 0.6 is 0 Å². The lowest BCUT2D eigenvalue weighted by molar-refractivity contribution is 0.0420. The molecule has 0 aliphatic carbocycles. The third-order valence-electron chi connectivity index (χ3n) is 4.29. The van der Waals surface area contributed by atoms with Gasteiger partial charge in [0, 0.05) is 26.3 Å². The Morgan fingerprint density at radius 3 is 2.86 bits per heavy atom. The first-order chi connectivity index (χ1) is 13.7. The number of carbonyl (C=O) groups excluding carboxylic acids is 1. The maximum Gasteiger partial charge on any atom is 0.341 e. The first-order valence-corrected chi connectivity index (χ1v) is 9.64. The Morgan fingerprint density at radius 2 is 2.18 bits per heavy atom. The molecule has 0 saturated carbocycles. The van der Waals surface area contributed by atoms with Crippen LogP contribution in [0.3, 0.4) is 0 Å². The number of nitrogens with zero attached hydrogens (tertiary/aromatic N) is 1. The molecule has 2 rings (SSSR count). The molecule has 1 unspecified atom stereocenters. The number of esters is 1. The number of nitrogens with one attached hydrogen (secondary N) is 2. The second-order valence-corrected chi connectivity index (χ2v) is 6.36. The van der Waals surface area contributed by atoms with Crippen molar-refractivity contribution in [3.8, 4) is 5.75 Å². The summed E-state index contributed by atoms with van der Waals surface area (Å²) in [5.41, 5.74) is 1.33. The van der Waals surface area contributed by atoms with E-state index < -0.39 is 5.97 Å². The first-order valence-electron chi connectivity index (χ1n) is 9.64. The number of ether oxygens (including phenoxy) is 4. The van der Waals surface area contributed by atoms with Gasteiger partial charge in [-0.25, -0.2) is 9.79 Å². The summed E-state index contributed by atoms with van der Waals surface area (Å²) in [4.78, 5) is 16.3. The largest absolute Gasteiger partial charge is 0.496 e. The van der Waals surface area contributed by atoms with Gasteiger partial charge in [-0.1, -0.05) is 6.07 Å². The lowest BCUT2D eigenvalue weighted by atomic mass is 10.1. The first kappa shape index (κ1) is 22.0. The van der Waals surface area contributed by atoms with Crippen molar-refractivity contribution in [1.82, 2.24) is 10.6 Å². The van der Waals surface area contributed by atoms with Gasteiger partial charge in [0.25, 0.3) is 0 Å². The number of methoxy groups -OCH3 is 2. The van der Waals surface area contributed by atoms with E-state index in [2.05, 4.69) is 15.6 Å². The van der Waals surface area contributed by atoms with E-state index in [1.165, 1.54) is 14.2 Å². The van der Waals surface area contributed by atoms with Crippen LogP contribution < -0.4 is 15.4 Å². The lowest BCUT2D eigenvalue weighted by Gasteiger charge is -2.13. The van der Waals surface area contributed by atoms with E-state index in [0.717, 1.165) is 44.1 Å². The zero-order valence-corrected chi connectivity index (χ0v) is 17.0. The van der Waals surface area contributed by atoms with E-state index in [-0.39, 0.29) is 6.10 Å². The summed E-state index contributed by atoms with van der Waals surface area (Å²) < 4.78 is 21.1. The quantitative estimate of drug-likeness (QED) is 0.271. The van der Waals surface area contributed by atoms with Crippen LogP contribution in [0.4, 0.5) is 0 Å². The minimum Gasteiger partial charge on any atom is -0.496 e. The molecule has 1 atom stereocenters. The van der Waals surface area contributed by atoms with Crippen molar-refractivity contribution in [2.45, 2.75) is 32.4 Å². The van der Waals surface area contributed by atoms with Gasteiger partial charge in [0.1, 0.15) is 11.3 Å². The summed E-state index contributed by atoms with van der Waals surface area (Å²) in [5, 5.41) is 6.53. The van der Waals surface area contributed by atoms with E-state index in [9.17, 15) is 4.79 Å². The van der Waals surface area contributed by atoms with Crippen LogP contribution in [0, 0.1) is 0 Å². The molecule has 8 heteroatoms. The second kappa shape index (κ2) is 12.2. The standard InChI is InChI=1S/C20H31N3O5/c1-4-21-20(22-9-5-10-28-16-8-11-27-14-16)23-13-15-6-7-17(19(24)26-3)18(12-15)25-2/h6-7,12,16H,4-5,8-11,13-14H2,1-3H3,(H2,21,22,23). The van der Waals surface area contributed by atoms with E-state index in [1.54, 1.807) is 12.1 Å². The minimum atomic E-state index is -0.423. The van der Waals surface area contributed by atoms with Gasteiger partial charge < -0.3 is 29.6 Å². The van der Waals surface area contributed by atoms with Crippen LogP contribution in [0.1, 0.15) is 35.7 Å². The lowest BCUT2D eigenvalue weighted by Crippen LogP contribution is -2.38. The summed E-state index contributed by atoms with van der Waals surface area (Å²) in [6.45, 7) is 6.22. The van der Waals surface area contributed by atoms with Gasteiger partial charge in [-0.3, -0.25) is 0 Å². The molecule has 1 aromatic rings. The van der Waals surface area contributed by atoms with Gasteiger partial charge in [0.15, 0.2) is 5.96 Å². The highest BCUT2D eigenvalue weighted by Gasteiger charge is 2.15. The normalized spacial score (nSPS) is 16.7. The summed E-state index contributed by atoms with van der Waals surface area (Å²) >= 11 is 0. The molecule has 2 N–H and O–H groups in total. The van der Waals surface area contributed by atoms with Crippen LogP contribution in [-0.2, 0) is 20.8 Å². The fourth-order valence-electron chi connectivity index (χ4n) is 2.80. The average molecular weight is 393 g/mol. The number of rotatable bonds is 10. The van der Waals surface area contributed by atoms with Crippen molar-refractivity contribution in [2.24, 2.45) is 4.99 Å². The van der Waals surface area contributed by atoms with Crippen LogP contribution in [0.2, 0.25) is 0 Å². The Balaban J connectivity index is 1.84. The molecule has 0 aromatic heterocycles. The molecule has 1 heterocycles. The summed E-state index contributed by atoms with van der Waals surface area (Å²) in [7, 11) is 2.88. The van der Waals surface area contributed by atoms with Gasteiger partial charge in [-0.2, -0.15) is 0 Å². The van der Waals surface area contributed by atoms with Crippen LogP contribution in [0.15, 0.2) is 23.2 Å². The molecule has 0 spiro atoms. The molecular formula is C20H31N3O5. The van der Waals surface area contributed by atoms with Crippen molar-refractivity contribution in [3.05, 3.63) is 29.3 Å². The smallest absolute Gasteiger partial charge is 0.341 e. The Kier molecular flexibility index (Phi) is 9.57. The highest BCUT2D eigenvalue weighted by molar-refractivity contribution is 5.92. The molecule has 0 bridgehead atoms. The average Bonchev–Trinajstić information content (AvgIpc) is 3.24. The number of carbonyl (C=O) groups is 1. The number of benzene rings is 1. The van der Waals surface area contributed by atoms with E-state index in [1.807, 2.05) is 13.0 Å². The molecule has 1 aliphatic heterocycles. The van der Waals surface area contributed by atoms with Crippen LogP contribution in [0.5, 0.6) is 5.75 Å². The van der Waals surface area contributed by atoms with Crippen molar-refractivity contribution in [2.75, 3.05) is 47.1 Å². The Hall–Kier alpha value is -2.32. The Labute approximate surface area is 166 Å². The third-order valence-corrected chi connectivity index (χ3v) is 4.29. The molecule has 28 heavy (non-hydrogen) atoms. The Morgan fingerprint density at radius 1 is 1.32 bits per heavy atom. The van der Waals surface area contributed by atoms with Gasteiger partial charge in [0.05, 0.1) is 33.5 Å². The van der Waals surface area contributed by atoms with Crippen LogP contribution in [0.25, 0.3) is 0 Å². The number of guanidine groups is 1. The molecule has 1 aromatic carbocycles. The van der Waals surface area contributed by atoms with E-state index in [4.69, 9.17) is 18.9 Å². The molecule has 0 amide bonds. The third kappa shape index (κ3) is 7.01. The van der Waals surface area contributed by atoms with Gasteiger partial charge in [-0.05, 0) is 37.5 Å². The van der Waals surface area contributed by atoms with Crippen LogP contribution in [-0.4, -0.2) is 65.2 Å². The molecule has 8 nitrogen and oxygen atoms in total. The Bertz CT molecular complexity index is 645. The topological polar surface area (TPSA) is 90.4 Å². The maximum absolute atomic E-state index is 11.7. The fourth-order valence-corrected chi connectivity index (χ4v) is 2.80. The molecule has 156 valence electrons. The minimum absolute atomic E-state index is 0.241. The highest BCUT2D eigenvalue weighted by atomic mass is 16.5. The molecule has 0 radical (unpaired) electrons. The summed E-state index contributed by atoms with van der Waals surface area (Å²) in [5.74, 6) is 0.793. The van der Waals surface area contributed by atoms with Crippen molar-refractivity contribution in [3.63, 3.8) is 0 Å². The number of aliphatic imine (C=N–C) groups is 1.